The third kappa shape index (κ3) is 3.13. The van der Waals surface area contributed by atoms with E-state index in [0.717, 1.165) is 19.5 Å². The summed E-state index contributed by atoms with van der Waals surface area (Å²) in [4.78, 5) is 40.8. The number of rotatable bonds is 3. The van der Waals surface area contributed by atoms with Crippen LogP contribution in [0.3, 0.4) is 0 Å². The molecular formula is C25H20N2O3. The highest BCUT2D eigenvalue weighted by molar-refractivity contribution is 6.30. The Morgan fingerprint density at radius 3 is 2.27 bits per heavy atom. The Morgan fingerprint density at radius 2 is 1.47 bits per heavy atom. The Bertz CT molecular complexity index is 1200. The molecule has 5 heteroatoms. The molecule has 1 N–H and O–H groups in total. The second kappa shape index (κ2) is 7.35. The smallest absolute Gasteiger partial charge is 0.238 e. The minimum Gasteiger partial charge on any atom is -0.324 e. The molecule has 30 heavy (non-hydrogen) atoms. The van der Waals surface area contributed by atoms with Gasteiger partial charge in [-0.1, -0.05) is 60.7 Å². The zero-order valence-corrected chi connectivity index (χ0v) is 16.4. The second-order valence-electron chi connectivity index (χ2n) is 7.71. The van der Waals surface area contributed by atoms with E-state index in [1.54, 1.807) is 42.5 Å². The van der Waals surface area contributed by atoms with Crippen molar-refractivity contribution < 1.29 is 14.4 Å². The molecule has 0 fully saturated rings. The lowest BCUT2D eigenvalue weighted by molar-refractivity contribution is -0.117. The van der Waals surface area contributed by atoms with Crippen LogP contribution in [0.25, 0.3) is 0 Å². The first kappa shape index (κ1) is 18.5. The fourth-order valence-electron chi connectivity index (χ4n) is 4.33. The molecule has 2 aliphatic rings. The van der Waals surface area contributed by atoms with Crippen LogP contribution in [-0.4, -0.2) is 35.5 Å². The van der Waals surface area contributed by atoms with Gasteiger partial charge in [0.15, 0.2) is 11.6 Å². The molecule has 148 valence electrons. The van der Waals surface area contributed by atoms with E-state index < -0.39 is 0 Å². The fourth-order valence-corrected chi connectivity index (χ4v) is 4.33. The summed E-state index contributed by atoms with van der Waals surface area (Å²) in [7, 11) is 0. The van der Waals surface area contributed by atoms with Gasteiger partial charge >= 0.3 is 0 Å². The molecule has 0 saturated carbocycles. The SMILES string of the molecule is O=C(CN1CCc2ccccc2C1)Nc1cccc2c1C(=O)c1ccccc1C2=O. The number of benzene rings is 3. The summed E-state index contributed by atoms with van der Waals surface area (Å²) in [6, 6.07) is 20.1. The molecule has 0 spiro atoms. The first-order chi connectivity index (χ1) is 14.6. The quantitative estimate of drug-likeness (QED) is 0.576. The monoisotopic (exact) mass is 396 g/mol. The third-order valence-corrected chi connectivity index (χ3v) is 5.80. The zero-order chi connectivity index (χ0) is 20.7. The average molecular weight is 396 g/mol. The average Bonchev–Trinajstić information content (AvgIpc) is 2.77. The van der Waals surface area contributed by atoms with Crippen LogP contribution in [0.4, 0.5) is 5.69 Å². The molecular weight excluding hydrogens is 376 g/mol. The van der Waals surface area contributed by atoms with Crippen LogP contribution in [0.15, 0.2) is 66.7 Å². The number of hydrogen-bond donors (Lipinski definition) is 1. The molecule has 5 nitrogen and oxygen atoms in total. The van der Waals surface area contributed by atoms with Crippen molar-refractivity contribution in [2.45, 2.75) is 13.0 Å². The standard InChI is InChI=1S/C25H20N2O3/c28-22(15-27-13-12-16-6-1-2-7-17(16)14-27)26-21-11-5-10-20-23(21)25(30)19-9-4-3-8-18(19)24(20)29/h1-11H,12-15H2,(H,26,28). The molecule has 0 bridgehead atoms. The van der Waals surface area contributed by atoms with Gasteiger partial charge in [-0.05, 0) is 23.6 Å². The van der Waals surface area contributed by atoms with E-state index in [0.29, 0.717) is 22.4 Å². The minimum atomic E-state index is -0.233. The van der Waals surface area contributed by atoms with Gasteiger partial charge in [0.2, 0.25) is 5.91 Å². The Morgan fingerprint density at radius 1 is 0.800 bits per heavy atom. The van der Waals surface area contributed by atoms with Crippen molar-refractivity contribution >= 4 is 23.2 Å². The van der Waals surface area contributed by atoms with Crippen LogP contribution in [0, 0.1) is 0 Å². The second-order valence-corrected chi connectivity index (χ2v) is 7.71. The molecule has 5 rings (SSSR count). The largest absolute Gasteiger partial charge is 0.324 e. The van der Waals surface area contributed by atoms with Crippen LogP contribution in [-0.2, 0) is 17.8 Å². The number of amides is 1. The molecule has 3 aromatic carbocycles. The van der Waals surface area contributed by atoms with Crippen molar-refractivity contribution in [1.29, 1.82) is 0 Å². The number of ketones is 2. The summed E-state index contributed by atoms with van der Waals surface area (Å²) >= 11 is 0. The van der Waals surface area contributed by atoms with Crippen molar-refractivity contribution in [2.75, 3.05) is 18.4 Å². The van der Waals surface area contributed by atoms with Crippen molar-refractivity contribution in [3.8, 4) is 0 Å². The van der Waals surface area contributed by atoms with Gasteiger partial charge in [-0.25, -0.2) is 0 Å². The molecule has 0 radical (unpaired) electrons. The van der Waals surface area contributed by atoms with Crippen molar-refractivity contribution in [3.05, 3.63) is 100 Å². The Labute approximate surface area is 174 Å². The molecule has 1 heterocycles. The van der Waals surface area contributed by atoms with Crippen LogP contribution < -0.4 is 5.32 Å². The van der Waals surface area contributed by atoms with E-state index in [-0.39, 0.29) is 29.6 Å². The maximum atomic E-state index is 13.1. The van der Waals surface area contributed by atoms with E-state index in [1.165, 1.54) is 11.1 Å². The van der Waals surface area contributed by atoms with Gasteiger partial charge in [-0.2, -0.15) is 0 Å². The number of carbonyl (C=O) groups is 3. The number of hydrogen-bond acceptors (Lipinski definition) is 4. The van der Waals surface area contributed by atoms with E-state index in [4.69, 9.17) is 0 Å². The molecule has 0 aromatic heterocycles. The van der Waals surface area contributed by atoms with Crippen LogP contribution in [0.2, 0.25) is 0 Å². The lowest BCUT2D eigenvalue weighted by Gasteiger charge is -2.28. The Kier molecular flexibility index (Phi) is 4.52. The maximum Gasteiger partial charge on any atom is 0.238 e. The molecule has 0 unspecified atom stereocenters. The summed E-state index contributed by atoms with van der Waals surface area (Å²) in [5.74, 6) is -0.617. The molecule has 1 aliphatic heterocycles. The van der Waals surface area contributed by atoms with Gasteiger partial charge in [0.25, 0.3) is 0 Å². The van der Waals surface area contributed by atoms with Gasteiger partial charge in [0, 0.05) is 29.8 Å². The normalized spacial score (nSPS) is 15.2. The molecule has 1 amide bonds. The van der Waals surface area contributed by atoms with Crippen LogP contribution >= 0.6 is 0 Å². The summed E-state index contributed by atoms with van der Waals surface area (Å²) in [5, 5.41) is 2.87. The van der Waals surface area contributed by atoms with Crippen molar-refractivity contribution in [1.82, 2.24) is 4.90 Å². The topological polar surface area (TPSA) is 66.5 Å². The first-order valence-electron chi connectivity index (χ1n) is 10.0. The highest BCUT2D eigenvalue weighted by Gasteiger charge is 2.31. The first-order valence-corrected chi connectivity index (χ1v) is 10.0. The fraction of sp³-hybridized carbons (Fsp3) is 0.160. The number of fused-ring (bicyclic) bond motifs is 3. The number of nitrogens with one attached hydrogen (secondary N) is 1. The summed E-state index contributed by atoms with van der Waals surface area (Å²) in [6.45, 7) is 1.76. The van der Waals surface area contributed by atoms with Crippen molar-refractivity contribution in [2.24, 2.45) is 0 Å². The van der Waals surface area contributed by atoms with Gasteiger partial charge in [0.05, 0.1) is 17.8 Å². The summed E-state index contributed by atoms with van der Waals surface area (Å²) in [5.41, 5.74) is 4.36. The van der Waals surface area contributed by atoms with Gasteiger partial charge in [-0.3, -0.25) is 19.3 Å². The highest BCUT2D eigenvalue weighted by atomic mass is 16.2. The van der Waals surface area contributed by atoms with Gasteiger partial charge in [0.1, 0.15) is 0 Å². The van der Waals surface area contributed by atoms with Gasteiger partial charge < -0.3 is 5.32 Å². The maximum absolute atomic E-state index is 13.1. The summed E-state index contributed by atoms with van der Waals surface area (Å²) < 4.78 is 0. The predicted octanol–water partition coefficient (Wildman–Crippen LogP) is 3.46. The lowest BCUT2D eigenvalue weighted by Crippen LogP contribution is -2.37. The zero-order valence-electron chi connectivity index (χ0n) is 16.4. The van der Waals surface area contributed by atoms with E-state index in [9.17, 15) is 14.4 Å². The summed E-state index contributed by atoms with van der Waals surface area (Å²) in [6.07, 6.45) is 0.911. The number of anilines is 1. The molecule has 1 aliphatic carbocycles. The molecule has 0 saturated heterocycles. The van der Waals surface area contributed by atoms with Crippen LogP contribution in [0.5, 0.6) is 0 Å². The van der Waals surface area contributed by atoms with E-state index in [2.05, 4.69) is 22.3 Å². The Balaban J connectivity index is 1.37. The van der Waals surface area contributed by atoms with Crippen molar-refractivity contribution in [3.63, 3.8) is 0 Å². The highest BCUT2D eigenvalue weighted by Crippen LogP contribution is 2.32. The van der Waals surface area contributed by atoms with Crippen LogP contribution in [0.1, 0.15) is 43.0 Å². The molecule has 0 atom stereocenters. The Hall–Kier alpha value is -3.57. The van der Waals surface area contributed by atoms with E-state index in [1.807, 2.05) is 12.1 Å². The number of nitrogens with zero attached hydrogens (tertiary/aromatic N) is 1. The number of carbonyl (C=O) groups excluding carboxylic acids is 3. The third-order valence-electron chi connectivity index (χ3n) is 5.80. The minimum absolute atomic E-state index is 0.191. The van der Waals surface area contributed by atoms with E-state index >= 15 is 0 Å². The lowest BCUT2D eigenvalue weighted by atomic mass is 9.83. The molecule has 3 aromatic rings. The predicted molar refractivity (Wildman–Crippen MR) is 114 cm³/mol. The van der Waals surface area contributed by atoms with Gasteiger partial charge in [-0.15, -0.1) is 0 Å².